The molecule has 2 heteroatoms. The largest absolute Gasteiger partial charge is 0.314 e. The van der Waals surface area contributed by atoms with E-state index >= 15 is 0 Å². The lowest BCUT2D eigenvalue weighted by molar-refractivity contribution is 0.337. The molecule has 0 spiro atoms. The molecule has 2 fully saturated rings. The third-order valence-corrected chi connectivity index (χ3v) is 6.33. The number of hydrogen-bond acceptors (Lipinski definition) is 2. The van der Waals surface area contributed by atoms with Crippen LogP contribution < -0.4 is 5.32 Å². The molecule has 4 rings (SSSR count). The van der Waals surface area contributed by atoms with E-state index in [1.807, 2.05) is 11.3 Å². The minimum Gasteiger partial charge on any atom is -0.314 e. The Balaban J connectivity index is 1.55. The second-order valence-corrected chi connectivity index (χ2v) is 7.52. The maximum Gasteiger partial charge on any atom is 0.0345 e. The Bertz CT molecular complexity index is 592. The Hall–Kier alpha value is -0.860. The van der Waals surface area contributed by atoms with Gasteiger partial charge in [0.25, 0.3) is 0 Å². The summed E-state index contributed by atoms with van der Waals surface area (Å²) >= 11 is 1.90. The molecular formula is C18H23NS. The van der Waals surface area contributed by atoms with Gasteiger partial charge < -0.3 is 5.32 Å². The average Bonchev–Trinajstić information content (AvgIpc) is 2.91. The van der Waals surface area contributed by atoms with Crippen LogP contribution in [0.4, 0.5) is 0 Å². The zero-order valence-electron chi connectivity index (χ0n) is 12.1. The highest BCUT2D eigenvalue weighted by molar-refractivity contribution is 7.17. The topological polar surface area (TPSA) is 12.0 Å². The third kappa shape index (κ3) is 2.29. The van der Waals surface area contributed by atoms with Crippen LogP contribution >= 0.6 is 11.3 Å². The highest BCUT2D eigenvalue weighted by Gasteiger charge is 2.47. The van der Waals surface area contributed by atoms with Crippen LogP contribution in [-0.4, -0.2) is 12.6 Å². The molecule has 20 heavy (non-hydrogen) atoms. The molecule has 1 N–H and O–H groups in total. The fourth-order valence-corrected chi connectivity index (χ4v) is 5.16. The zero-order chi connectivity index (χ0) is 13.5. The molecule has 1 aromatic heterocycles. The minimum atomic E-state index is 0.686. The van der Waals surface area contributed by atoms with Crippen molar-refractivity contribution >= 4 is 21.4 Å². The highest BCUT2D eigenvalue weighted by Crippen LogP contribution is 2.55. The molecule has 0 aliphatic heterocycles. The summed E-state index contributed by atoms with van der Waals surface area (Å²) in [5, 5.41) is 7.63. The van der Waals surface area contributed by atoms with Crippen molar-refractivity contribution < 1.29 is 0 Å². The summed E-state index contributed by atoms with van der Waals surface area (Å²) in [6.45, 7) is 3.34. The lowest BCUT2D eigenvalue weighted by atomic mass is 9.89. The molecule has 0 bridgehead atoms. The van der Waals surface area contributed by atoms with Crippen LogP contribution in [0.5, 0.6) is 0 Å². The van der Waals surface area contributed by atoms with Crippen LogP contribution in [0.1, 0.15) is 31.7 Å². The molecule has 2 saturated carbocycles. The van der Waals surface area contributed by atoms with Crippen molar-refractivity contribution in [3.05, 3.63) is 35.2 Å². The molecule has 1 heterocycles. The zero-order valence-corrected chi connectivity index (χ0v) is 13.0. The van der Waals surface area contributed by atoms with Crippen LogP contribution in [-0.2, 0) is 6.42 Å². The summed E-state index contributed by atoms with van der Waals surface area (Å²) in [4.78, 5) is 0. The van der Waals surface area contributed by atoms with Gasteiger partial charge in [0.2, 0.25) is 0 Å². The first-order valence-electron chi connectivity index (χ1n) is 8.03. The van der Waals surface area contributed by atoms with Crippen molar-refractivity contribution in [1.29, 1.82) is 0 Å². The number of nitrogens with one attached hydrogen (secondary N) is 1. The van der Waals surface area contributed by atoms with Crippen LogP contribution in [0.25, 0.3) is 10.1 Å². The second kappa shape index (κ2) is 5.16. The van der Waals surface area contributed by atoms with Gasteiger partial charge in [-0.25, -0.2) is 0 Å². The standard InChI is InChI=1S/C18H23NS/c1-2-19-17(14-8-12-7-13(12)9-14)10-15-11-20-18-6-4-3-5-16(15)18/h3-6,11-14,17,19H,2,7-10H2,1H3. The Labute approximate surface area is 125 Å². The Kier molecular flexibility index (Phi) is 3.31. The highest BCUT2D eigenvalue weighted by atomic mass is 32.1. The van der Waals surface area contributed by atoms with E-state index in [0.717, 1.165) is 24.3 Å². The SMILES string of the molecule is CCNC(Cc1csc2ccccc12)C1CC2CC2C1. The number of likely N-dealkylation sites (N-methyl/N-ethyl adjacent to an activating group) is 1. The Morgan fingerprint density at radius 1 is 1.20 bits per heavy atom. The Morgan fingerprint density at radius 2 is 2.00 bits per heavy atom. The lowest BCUT2D eigenvalue weighted by Crippen LogP contribution is -2.37. The Morgan fingerprint density at radius 3 is 2.80 bits per heavy atom. The number of fused-ring (bicyclic) bond motifs is 2. The normalized spacial score (nSPS) is 29.6. The molecule has 3 atom stereocenters. The molecule has 2 aliphatic rings. The van der Waals surface area contributed by atoms with E-state index in [4.69, 9.17) is 0 Å². The van der Waals surface area contributed by atoms with Crippen molar-refractivity contribution in [2.45, 2.75) is 38.6 Å². The van der Waals surface area contributed by atoms with Gasteiger partial charge in [0.05, 0.1) is 0 Å². The van der Waals surface area contributed by atoms with Crippen LogP contribution in [0.2, 0.25) is 0 Å². The van der Waals surface area contributed by atoms with Gasteiger partial charge in [-0.1, -0.05) is 25.1 Å². The van der Waals surface area contributed by atoms with E-state index in [1.165, 1.54) is 35.8 Å². The van der Waals surface area contributed by atoms with Crippen molar-refractivity contribution in [1.82, 2.24) is 5.32 Å². The summed E-state index contributed by atoms with van der Waals surface area (Å²) in [6.07, 6.45) is 5.69. The fraction of sp³-hybridized carbons (Fsp3) is 0.556. The first kappa shape index (κ1) is 12.8. The van der Waals surface area contributed by atoms with Crippen LogP contribution in [0.15, 0.2) is 29.6 Å². The van der Waals surface area contributed by atoms with Crippen molar-refractivity contribution in [2.24, 2.45) is 17.8 Å². The maximum atomic E-state index is 3.77. The van der Waals surface area contributed by atoms with Crippen LogP contribution in [0.3, 0.4) is 0 Å². The van der Waals surface area contributed by atoms with Crippen LogP contribution in [0, 0.1) is 17.8 Å². The van der Waals surface area contributed by atoms with Gasteiger partial charge in [-0.3, -0.25) is 0 Å². The van der Waals surface area contributed by atoms with E-state index in [2.05, 4.69) is 41.9 Å². The van der Waals surface area contributed by atoms with Crippen molar-refractivity contribution in [3.63, 3.8) is 0 Å². The summed E-state index contributed by atoms with van der Waals surface area (Å²) in [5.74, 6) is 3.08. The quantitative estimate of drug-likeness (QED) is 0.854. The van der Waals surface area contributed by atoms with Gasteiger partial charge in [-0.2, -0.15) is 0 Å². The molecule has 2 aromatic rings. The summed E-state index contributed by atoms with van der Waals surface area (Å²) < 4.78 is 1.44. The van der Waals surface area contributed by atoms with Gasteiger partial charge in [0.1, 0.15) is 0 Å². The molecular weight excluding hydrogens is 262 g/mol. The molecule has 0 amide bonds. The molecule has 0 radical (unpaired) electrons. The van der Waals surface area contributed by atoms with Gasteiger partial charge in [-0.05, 0) is 72.4 Å². The molecule has 106 valence electrons. The predicted octanol–water partition coefficient (Wildman–Crippen LogP) is 4.47. The summed E-state index contributed by atoms with van der Waals surface area (Å²) in [6, 6.07) is 9.54. The second-order valence-electron chi connectivity index (χ2n) is 6.61. The van der Waals surface area contributed by atoms with E-state index in [1.54, 1.807) is 5.56 Å². The van der Waals surface area contributed by atoms with E-state index in [9.17, 15) is 0 Å². The summed E-state index contributed by atoms with van der Waals surface area (Å²) in [7, 11) is 0. The van der Waals surface area contributed by atoms with Gasteiger partial charge in [-0.15, -0.1) is 11.3 Å². The molecule has 2 aliphatic carbocycles. The van der Waals surface area contributed by atoms with E-state index in [0.29, 0.717) is 6.04 Å². The first-order chi connectivity index (χ1) is 9.85. The predicted molar refractivity (Wildman–Crippen MR) is 87.3 cm³/mol. The maximum absolute atomic E-state index is 3.77. The summed E-state index contributed by atoms with van der Waals surface area (Å²) in [5.41, 5.74) is 1.55. The first-order valence-corrected chi connectivity index (χ1v) is 8.91. The average molecular weight is 285 g/mol. The molecule has 3 unspecified atom stereocenters. The van der Waals surface area contributed by atoms with Gasteiger partial charge >= 0.3 is 0 Å². The smallest absolute Gasteiger partial charge is 0.0345 e. The molecule has 1 aromatic carbocycles. The minimum absolute atomic E-state index is 0.686. The fourth-order valence-electron chi connectivity index (χ4n) is 4.19. The number of hydrogen-bond donors (Lipinski definition) is 1. The molecule has 1 nitrogen and oxygen atoms in total. The van der Waals surface area contributed by atoms with Gasteiger partial charge in [0.15, 0.2) is 0 Å². The third-order valence-electron chi connectivity index (χ3n) is 5.32. The number of rotatable bonds is 5. The van der Waals surface area contributed by atoms with E-state index < -0.39 is 0 Å². The van der Waals surface area contributed by atoms with Gasteiger partial charge in [0, 0.05) is 10.7 Å². The number of thiophene rings is 1. The lowest BCUT2D eigenvalue weighted by Gasteiger charge is -2.25. The van der Waals surface area contributed by atoms with Crippen molar-refractivity contribution in [3.8, 4) is 0 Å². The number of benzene rings is 1. The van der Waals surface area contributed by atoms with E-state index in [-0.39, 0.29) is 0 Å². The molecule has 0 saturated heterocycles. The monoisotopic (exact) mass is 285 g/mol. The van der Waals surface area contributed by atoms with Crippen molar-refractivity contribution in [2.75, 3.05) is 6.54 Å².